The van der Waals surface area contributed by atoms with E-state index in [1.54, 1.807) is 18.9 Å². The van der Waals surface area contributed by atoms with Gasteiger partial charge in [-0.25, -0.2) is 0 Å². The van der Waals surface area contributed by atoms with Crippen molar-refractivity contribution in [3.63, 3.8) is 0 Å². The summed E-state index contributed by atoms with van der Waals surface area (Å²) in [5.41, 5.74) is -0.774. The summed E-state index contributed by atoms with van der Waals surface area (Å²) in [6.07, 6.45) is -2.42. The third kappa shape index (κ3) is 3.90. The van der Waals surface area contributed by atoms with Gasteiger partial charge >= 0.3 is 6.18 Å². The van der Waals surface area contributed by atoms with Gasteiger partial charge in [0.05, 0.1) is 11.2 Å². The van der Waals surface area contributed by atoms with Gasteiger partial charge in [-0.3, -0.25) is 0 Å². The number of halogens is 3. The summed E-state index contributed by atoms with van der Waals surface area (Å²) in [5, 5.41) is 3.28. The Labute approximate surface area is 121 Å². The molecule has 0 aliphatic carbocycles. The Morgan fingerprint density at radius 2 is 1.80 bits per heavy atom. The number of piperidine rings is 1. The lowest BCUT2D eigenvalue weighted by molar-refractivity contribution is -0.137. The summed E-state index contributed by atoms with van der Waals surface area (Å²) in [6.45, 7) is 1.84. The standard InChI is InChI=1S/C14H18F3NOS/c1-19-13(6-8-18-9-7-13)10-20-12-4-2-11(3-5-12)14(15,16)17/h2-5,18H,6-10H2,1H3. The van der Waals surface area contributed by atoms with Crippen molar-refractivity contribution < 1.29 is 17.9 Å². The summed E-state index contributed by atoms with van der Waals surface area (Å²) in [4.78, 5) is 0.841. The number of nitrogens with one attached hydrogen (secondary N) is 1. The number of hydrogen-bond donors (Lipinski definition) is 1. The molecule has 6 heteroatoms. The topological polar surface area (TPSA) is 21.3 Å². The molecule has 2 rings (SSSR count). The molecule has 1 N–H and O–H groups in total. The molecule has 0 saturated carbocycles. The fourth-order valence-corrected chi connectivity index (χ4v) is 3.41. The molecule has 0 radical (unpaired) electrons. The van der Waals surface area contributed by atoms with Crippen LogP contribution in [0.4, 0.5) is 13.2 Å². The van der Waals surface area contributed by atoms with Crippen molar-refractivity contribution in [3.05, 3.63) is 29.8 Å². The first-order valence-corrected chi connectivity index (χ1v) is 7.50. The van der Waals surface area contributed by atoms with Crippen LogP contribution in [-0.2, 0) is 10.9 Å². The number of methoxy groups -OCH3 is 1. The van der Waals surface area contributed by atoms with E-state index in [2.05, 4.69) is 5.32 Å². The van der Waals surface area contributed by atoms with Gasteiger partial charge in [-0.2, -0.15) is 13.2 Å². The first-order valence-electron chi connectivity index (χ1n) is 6.51. The Bertz CT molecular complexity index is 427. The fraction of sp³-hybridized carbons (Fsp3) is 0.571. The average Bonchev–Trinajstić information content (AvgIpc) is 2.46. The van der Waals surface area contributed by atoms with Crippen LogP contribution in [0.5, 0.6) is 0 Å². The first kappa shape index (κ1) is 15.7. The van der Waals surface area contributed by atoms with Gasteiger partial charge in [-0.15, -0.1) is 11.8 Å². The zero-order valence-electron chi connectivity index (χ0n) is 11.3. The van der Waals surface area contributed by atoms with Crippen LogP contribution in [0, 0.1) is 0 Å². The number of thioether (sulfide) groups is 1. The average molecular weight is 305 g/mol. The van der Waals surface area contributed by atoms with E-state index in [1.165, 1.54) is 12.1 Å². The van der Waals surface area contributed by atoms with Crippen LogP contribution in [0.3, 0.4) is 0 Å². The van der Waals surface area contributed by atoms with Crippen molar-refractivity contribution in [2.24, 2.45) is 0 Å². The van der Waals surface area contributed by atoms with Crippen LogP contribution in [0.25, 0.3) is 0 Å². The number of benzene rings is 1. The highest BCUT2D eigenvalue weighted by atomic mass is 32.2. The van der Waals surface area contributed by atoms with Gasteiger partial charge in [0.25, 0.3) is 0 Å². The molecule has 0 aromatic heterocycles. The third-order valence-corrected chi connectivity index (χ3v) is 4.91. The minimum absolute atomic E-state index is 0.168. The summed E-state index contributed by atoms with van der Waals surface area (Å²) >= 11 is 1.55. The predicted molar refractivity (Wildman–Crippen MR) is 74.0 cm³/mol. The van der Waals surface area contributed by atoms with E-state index in [9.17, 15) is 13.2 Å². The molecule has 1 aliphatic heterocycles. The van der Waals surface area contributed by atoms with E-state index < -0.39 is 11.7 Å². The number of hydrogen-bond acceptors (Lipinski definition) is 3. The third-order valence-electron chi connectivity index (χ3n) is 3.63. The molecular formula is C14H18F3NOS. The normalized spacial score (nSPS) is 19.0. The lowest BCUT2D eigenvalue weighted by Crippen LogP contribution is -2.45. The van der Waals surface area contributed by atoms with Gasteiger partial charge in [-0.1, -0.05) is 0 Å². The van der Waals surface area contributed by atoms with Crippen LogP contribution in [-0.4, -0.2) is 31.6 Å². The zero-order chi connectivity index (χ0) is 14.6. The molecule has 112 valence electrons. The highest BCUT2D eigenvalue weighted by Crippen LogP contribution is 2.33. The molecule has 1 saturated heterocycles. The van der Waals surface area contributed by atoms with E-state index in [4.69, 9.17) is 4.74 Å². The molecule has 0 unspecified atom stereocenters. The molecule has 1 aromatic carbocycles. The van der Waals surface area contributed by atoms with Crippen LogP contribution in [0.15, 0.2) is 29.2 Å². The first-order chi connectivity index (χ1) is 9.45. The maximum absolute atomic E-state index is 12.5. The maximum Gasteiger partial charge on any atom is 0.416 e. The molecule has 0 bridgehead atoms. The molecule has 0 spiro atoms. The Hall–Kier alpha value is -0.720. The number of rotatable bonds is 4. The molecular weight excluding hydrogens is 287 g/mol. The number of alkyl halides is 3. The highest BCUT2D eigenvalue weighted by molar-refractivity contribution is 7.99. The minimum Gasteiger partial charge on any atom is -0.377 e. The molecule has 0 amide bonds. The van der Waals surface area contributed by atoms with Crippen molar-refractivity contribution >= 4 is 11.8 Å². The predicted octanol–water partition coefficient (Wildman–Crippen LogP) is 3.57. The van der Waals surface area contributed by atoms with Crippen molar-refractivity contribution in [1.82, 2.24) is 5.32 Å². The van der Waals surface area contributed by atoms with Gasteiger partial charge in [0.2, 0.25) is 0 Å². The van der Waals surface area contributed by atoms with Crippen molar-refractivity contribution in [3.8, 4) is 0 Å². The lowest BCUT2D eigenvalue weighted by Gasteiger charge is -2.36. The molecule has 1 fully saturated rings. The molecule has 0 atom stereocenters. The van der Waals surface area contributed by atoms with Crippen molar-refractivity contribution in [2.75, 3.05) is 26.0 Å². The van der Waals surface area contributed by atoms with E-state index in [-0.39, 0.29) is 5.60 Å². The van der Waals surface area contributed by atoms with E-state index in [0.29, 0.717) is 0 Å². The van der Waals surface area contributed by atoms with Crippen LogP contribution < -0.4 is 5.32 Å². The summed E-state index contributed by atoms with van der Waals surface area (Å²) < 4.78 is 43.1. The Morgan fingerprint density at radius 3 is 2.30 bits per heavy atom. The van der Waals surface area contributed by atoms with E-state index in [0.717, 1.165) is 48.7 Å². The number of ether oxygens (including phenoxy) is 1. The van der Waals surface area contributed by atoms with E-state index in [1.807, 2.05) is 0 Å². The van der Waals surface area contributed by atoms with E-state index >= 15 is 0 Å². The van der Waals surface area contributed by atoms with Gasteiger partial charge in [0.15, 0.2) is 0 Å². The van der Waals surface area contributed by atoms with Gasteiger partial charge in [0, 0.05) is 17.8 Å². The Balaban J connectivity index is 1.96. The monoisotopic (exact) mass is 305 g/mol. The molecule has 2 nitrogen and oxygen atoms in total. The molecule has 1 aromatic rings. The quantitative estimate of drug-likeness (QED) is 0.859. The second kappa shape index (κ2) is 6.37. The second-order valence-corrected chi connectivity index (χ2v) is 6.00. The zero-order valence-corrected chi connectivity index (χ0v) is 12.1. The highest BCUT2D eigenvalue weighted by Gasteiger charge is 2.32. The summed E-state index contributed by atoms with van der Waals surface area (Å²) in [7, 11) is 1.71. The SMILES string of the molecule is COC1(CSc2ccc(C(F)(F)F)cc2)CCNCC1. The fourth-order valence-electron chi connectivity index (χ4n) is 2.24. The summed E-state index contributed by atoms with van der Waals surface area (Å²) in [6, 6.07) is 5.31. The largest absolute Gasteiger partial charge is 0.416 e. The van der Waals surface area contributed by atoms with Crippen LogP contribution in [0.2, 0.25) is 0 Å². The maximum atomic E-state index is 12.5. The van der Waals surface area contributed by atoms with Crippen LogP contribution >= 0.6 is 11.8 Å². The van der Waals surface area contributed by atoms with Crippen molar-refractivity contribution in [2.45, 2.75) is 29.5 Å². The smallest absolute Gasteiger partial charge is 0.377 e. The molecule has 1 aliphatic rings. The Morgan fingerprint density at radius 1 is 1.20 bits per heavy atom. The van der Waals surface area contributed by atoms with Gasteiger partial charge in [-0.05, 0) is 50.2 Å². The summed E-state index contributed by atoms with van der Waals surface area (Å²) in [5.74, 6) is 0.760. The van der Waals surface area contributed by atoms with Gasteiger partial charge < -0.3 is 10.1 Å². The molecule has 20 heavy (non-hydrogen) atoms. The minimum atomic E-state index is -4.27. The van der Waals surface area contributed by atoms with Gasteiger partial charge in [0.1, 0.15) is 0 Å². The molecule has 1 heterocycles. The van der Waals surface area contributed by atoms with Crippen molar-refractivity contribution in [1.29, 1.82) is 0 Å². The lowest BCUT2D eigenvalue weighted by atomic mass is 9.94. The second-order valence-electron chi connectivity index (χ2n) is 4.95. The Kier molecular flexibility index (Phi) is 4.99. The van der Waals surface area contributed by atoms with Crippen LogP contribution in [0.1, 0.15) is 18.4 Å².